The third-order valence-corrected chi connectivity index (χ3v) is 6.19. The van der Waals surface area contributed by atoms with Crippen LogP contribution in [0.2, 0.25) is 0 Å². The molecule has 2 N–H and O–H groups in total. The number of amides is 3. The first-order valence-corrected chi connectivity index (χ1v) is 10.1. The van der Waals surface area contributed by atoms with Gasteiger partial charge in [0, 0.05) is 0 Å². The highest BCUT2D eigenvalue weighted by atomic mass is 16.2. The number of imide groups is 1. The summed E-state index contributed by atoms with van der Waals surface area (Å²) in [6.45, 7) is 4.24. The predicted octanol–water partition coefficient (Wildman–Crippen LogP) is 1.95. The van der Waals surface area contributed by atoms with Crippen molar-refractivity contribution in [2.24, 2.45) is 5.92 Å². The maximum atomic E-state index is 13.0. The summed E-state index contributed by atoms with van der Waals surface area (Å²) in [5.74, 6) is 0.534. The highest BCUT2D eigenvalue weighted by Crippen LogP contribution is 2.28. The number of urea groups is 1. The van der Waals surface area contributed by atoms with Crippen LogP contribution in [-0.2, 0) is 16.8 Å². The molecule has 3 amide bonds. The molecule has 2 aliphatic heterocycles. The smallest absolute Gasteiger partial charge is 0.319 e. The number of piperidine rings is 1. The molecule has 2 aromatic rings. The number of quaternary nitrogens is 1. The molecule has 0 unspecified atom stereocenters. The Bertz CT molecular complexity index is 831. The summed E-state index contributed by atoms with van der Waals surface area (Å²) in [6.07, 6.45) is 3.37. The van der Waals surface area contributed by atoms with Gasteiger partial charge in [0.2, 0.25) is 0 Å². The van der Waals surface area contributed by atoms with Gasteiger partial charge in [0.1, 0.15) is 5.54 Å². The van der Waals surface area contributed by atoms with E-state index in [9.17, 15) is 9.59 Å². The van der Waals surface area contributed by atoms with E-state index in [1.807, 2.05) is 30.3 Å². The number of rotatable bonds is 5. The van der Waals surface area contributed by atoms with E-state index in [-0.39, 0.29) is 11.9 Å². The molecule has 28 heavy (non-hydrogen) atoms. The van der Waals surface area contributed by atoms with E-state index in [1.165, 1.54) is 15.4 Å². The molecule has 5 nitrogen and oxygen atoms in total. The standard InChI is InChI=1S/C23H27N3O2/c1-23(20-10-6-3-7-11-20)21(27)26(22(28)24-23)17-25-14-12-19(13-15-25)16-18-8-4-2-5-9-18/h2-11,19H,12-17H2,1H3,(H,24,28)/p+1/t23-/m1/s1. The van der Waals surface area contributed by atoms with E-state index in [1.54, 1.807) is 6.92 Å². The molecule has 5 heteroatoms. The molecule has 146 valence electrons. The molecule has 0 aliphatic carbocycles. The molecule has 0 radical (unpaired) electrons. The first kappa shape index (κ1) is 18.7. The van der Waals surface area contributed by atoms with Crippen LogP contribution in [0.4, 0.5) is 4.79 Å². The molecule has 2 saturated heterocycles. The lowest BCUT2D eigenvalue weighted by atomic mass is 9.90. The molecular weight excluding hydrogens is 350 g/mol. The van der Waals surface area contributed by atoms with Gasteiger partial charge < -0.3 is 10.2 Å². The highest BCUT2D eigenvalue weighted by molar-refractivity contribution is 6.07. The third kappa shape index (κ3) is 3.67. The van der Waals surface area contributed by atoms with Crippen LogP contribution in [0.25, 0.3) is 0 Å². The van der Waals surface area contributed by atoms with E-state index in [0.29, 0.717) is 12.6 Å². The van der Waals surface area contributed by atoms with Crippen LogP contribution in [-0.4, -0.2) is 36.6 Å². The zero-order valence-electron chi connectivity index (χ0n) is 16.4. The summed E-state index contributed by atoms with van der Waals surface area (Å²) < 4.78 is 0. The quantitative estimate of drug-likeness (QED) is 0.782. The Balaban J connectivity index is 1.35. The zero-order valence-corrected chi connectivity index (χ0v) is 16.4. The van der Waals surface area contributed by atoms with Crippen molar-refractivity contribution in [2.75, 3.05) is 19.8 Å². The molecular formula is C23H28N3O2+. The Morgan fingerprint density at radius 3 is 2.25 bits per heavy atom. The topological polar surface area (TPSA) is 53.9 Å². The summed E-state index contributed by atoms with van der Waals surface area (Å²) in [7, 11) is 0. The zero-order chi connectivity index (χ0) is 19.6. The number of likely N-dealkylation sites (tertiary alicyclic amines) is 1. The van der Waals surface area contributed by atoms with Crippen LogP contribution in [0.15, 0.2) is 60.7 Å². The summed E-state index contributed by atoms with van der Waals surface area (Å²) in [5.41, 5.74) is 1.25. The maximum Gasteiger partial charge on any atom is 0.329 e. The fourth-order valence-corrected chi connectivity index (χ4v) is 4.43. The monoisotopic (exact) mass is 378 g/mol. The van der Waals surface area contributed by atoms with E-state index >= 15 is 0 Å². The lowest BCUT2D eigenvalue weighted by Gasteiger charge is -2.31. The van der Waals surface area contributed by atoms with Gasteiger partial charge in [-0.05, 0) is 43.2 Å². The summed E-state index contributed by atoms with van der Waals surface area (Å²) in [6, 6.07) is 19.8. The highest BCUT2D eigenvalue weighted by Gasteiger charge is 2.50. The Kier molecular flexibility index (Phi) is 5.18. The van der Waals surface area contributed by atoms with Crippen molar-refractivity contribution in [3.8, 4) is 0 Å². The Labute approximate surface area is 166 Å². The van der Waals surface area contributed by atoms with Crippen molar-refractivity contribution < 1.29 is 14.5 Å². The molecule has 2 fully saturated rings. The second-order valence-corrected chi connectivity index (χ2v) is 8.20. The van der Waals surface area contributed by atoms with Gasteiger partial charge in [-0.15, -0.1) is 0 Å². The van der Waals surface area contributed by atoms with Gasteiger partial charge >= 0.3 is 6.03 Å². The minimum atomic E-state index is -0.969. The average molecular weight is 378 g/mol. The Morgan fingerprint density at radius 2 is 1.61 bits per heavy atom. The van der Waals surface area contributed by atoms with E-state index in [0.717, 1.165) is 37.9 Å². The van der Waals surface area contributed by atoms with E-state index < -0.39 is 5.54 Å². The number of hydrogen-bond donors (Lipinski definition) is 2. The lowest BCUT2D eigenvalue weighted by Crippen LogP contribution is -3.14. The van der Waals surface area contributed by atoms with Crippen molar-refractivity contribution >= 4 is 11.9 Å². The second kappa shape index (κ2) is 7.76. The second-order valence-electron chi connectivity index (χ2n) is 8.20. The van der Waals surface area contributed by atoms with Crippen LogP contribution in [0.5, 0.6) is 0 Å². The molecule has 0 bridgehead atoms. The number of nitrogens with one attached hydrogen (secondary N) is 2. The van der Waals surface area contributed by atoms with Gasteiger partial charge in [0.25, 0.3) is 5.91 Å². The molecule has 2 aliphatic rings. The minimum Gasteiger partial charge on any atom is -0.319 e. The number of carbonyl (C=O) groups is 2. The van der Waals surface area contributed by atoms with E-state index in [2.05, 4.69) is 35.6 Å². The van der Waals surface area contributed by atoms with Crippen LogP contribution in [0.3, 0.4) is 0 Å². The number of nitrogens with zero attached hydrogens (tertiary/aromatic N) is 1. The van der Waals surface area contributed by atoms with Crippen LogP contribution in [0.1, 0.15) is 30.9 Å². The van der Waals surface area contributed by atoms with Gasteiger partial charge in [-0.1, -0.05) is 60.7 Å². The molecule has 0 spiro atoms. The van der Waals surface area contributed by atoms with Crippen molar-refractivity contribution in [1.82, 2.24) is 10.2 Å². The van der Waals surface area contributed by atoms with Gasteiger partial charge in [0.05, 0.1) is 13.1 Å². The summed E-state index contributed by atoms with van der Waals surface area (Å²) in [4.78, 5) is 28.3. The Hall–Kier alpha value is -2.66. The van der Waals surface area contributed by atoms with E-state index in [4.69, 9.17) is 0 Å². The van der Waals surface area contributed by atoms with Crippen molar-refractivity contribution in [3.63, 3.8) is 0 Å². The molecule has 0 saturated carbocycles. The van der Waals surface area contributed by atoms with Gasteiger partial charge in [-0.25, -0.2) is 9.69 Å². The van der Waals surface area contributed by atoms with Crippen LogP contribution in [0, 0.1) is 5.92 Å². The first-order valence-electron chi connectivity index (χ1n) is 10.1. The normalized spacial score (nSPS) is 27.7. The van der Waals surface area contributed by atoms with Crippen LogP contribution < -0.4 is 10.2 Å². The molecule has 2 heterocycles. The van der Waals surface area contributed by atoms with Crippen molar-refractivity contribution in [2.45, 2.75) is 31.7 Å². The third-order valence-electron chi connectivity index (χ3n) is 6.19. The Morgan fingerprint density at radius 1 is 1.00 bits per heavy atom. The van der Waals surface area contributed by atoms with Gasteiger partial charge in [-0.3, -0.25) is 4.79 Å². The SMILES string of the molecule is C[C@]1(c2ccccc2)NC(=O)N(C[NH+]2CCC(Cc3ccccc3)CC2)C1=O. The first-order chi connectivity index (χ1) is 13.6. The lowest BCUT2D eigenvalue weighted by molar-refractivity contribution is -0.913. The number of hydrogen-bond acceptors (Lipinski definition) is 2. The van der Waals surface area contributed by atoms with Crippen molar-refractivity contribution in [3.05, 3.63) is 71.8 Å². The maximum absolute atomic E-state index is 13.0. The molecule has 2 aromatic carbocycles. The van der Waals surface area contributed by atoms with Gasteiger partial charge in [0.15, 0.2) is 6.67 Å². The fourth-order valence-electron chi connectivity index (χ4n) is 4.43. The molecule has 1 atom stereocenters. The molecule has 4 rings (SSSR count). The average Bonchev–Trinajstić information content (AvgIpc) is 2.95. The van der Waals surface area contributed by atoms with Crippen molar-refractivity contribution in [1.29, 1.82) is 0 Å². The summed E-state index contributed by atoms with van der Waals surface area (Å²) >= 11 is 0. The number of carbonyl (C=O) groups excluding carboxylic acids is 2. The molecule has 0 aromatic heterocycles. The summed E-state index contributed by atoms with van der Waals surface area (Å²) in [5, 5.41) is 2.90. The number of benzene rings is 2. The van der Waals surface area contributed by atoms with Crippen LogP contribution >= 0.6 is 0 Å². The largest absolute Gasteiger partial charge is 0.329 e. The predicted molar refractivity (Wildman–Crippen MR) is 108 cm³/mol. The fraction of sp³-hybridized carbons (Fsp3) is 0.391. The minimum absolute atomic E-state index is 0.150. The van der Waals surface area contributed by atoms with Gasteiger partial charge in [-0.2, -0.15) is 0 Å².